The van der Waals surface area contributed by atoms with Crippen molar-refractivity contribution >= 4 is 12.1 Å². The van der Waals surface area contributed by atoms with Crippen molar-refractivity contribution in [3.05, 3.63) is 23.9 Å². The van der Waals surface area contributed by atoms with Gasteiger partial charge in [-0.25, -0.2) is 9.78 Å². The van der Waals surface area contributed by atoms with Crippen LogP contribution >= 0.6 is 0 Å². The monoisotopic (exact) mass is 363 g/mol. The van der Waals surface area contributed by atoms with Crippen LogP contribution in [-0.4, -0.2) is 73.3 Å². The van der Waals surface area contributed by atoms with Crippen molar-refractivity contribution in [1.82, 2.24) is 20.1 Å². The summed E-state index contributed by atoms with van der Waals surface area (Å²) in [5.41, 5.74) is 0.993. The molecular weight excluding hydrogens is 334 g/mol. The highest BCUT2D eigenvalue weighted by Crippen LogP contribution is 2.14. The van der Waals surface area contributed by atoms with E-state index in [9.17, 15) is 4.79 Å². The molecule has 0 aromatic carbocycles. The van der Waals surface area contributed by atoms with Gasteiger partial charge in [0.1, 0.15) is 0 Å². The summed E-state index contributed by atoms with van der Waals surface area (Å²) in [5.74, 6) is 1.46. The van der Waals surface area contributed by atoms with E-state index < -0.39 is 0 Å². The van der Waals surface area contributed by atoms with Crippen molar-refractivity contribution in [3.63, 3.8) is 0 Å². The highest BCUT2D eigenvalue weighted by atomic mass is 16.6. The number of carbonyl (C=O) groups excluding carboxylic acids is 1. The van der Waals surface area contributed by atoms with Crippen LogP contribution < -0.4 is 10.1 Å². The first-order valence-corrected chi connectivity index (χ1v) is 9.13. The quantitative estimate of drug-likeness (QED) is 0.612. The second-order valence-electron chi connectivity index (χ2n) is 5.89. The maximum Gasteiger partial charge on any atom is 0.409 e. The number of carbonyl (C=O) groups is 1. The van der Waals surface area contributed by atoms with Crippen molar-refractivity contribution in [2.45, 2.75) is 26.8 Å². The van der Waals surface area contributed by atoms with Gasteiger partial charge in [-0.3, -0.25) is 4.99 Å². The van der Waals surface area contributed by atoms with Crippen LogP contribution in [0.15, 0.2) is 23.3 Å². The number of rotatable bonds is 6. The summed E-state index contributed by atoms with van der Waals surface area (Å²) in [4.78, 5) is 24.3. The molecule has 0 radical (unpaired) electrons. The average molecular weight is 363 g/mol. The van der Waals surface area contributed by atoms with Crippen LogP contribution in [0.2, 0.25) is 0 Å². The van der Waals surface area contributed by atoms with Crippen LogP contribution in [-0.2, 0) is 11.3 Å². The first-order valence-electron chi connectivity index (χ1n) is 9.13. The Balaban J connectivity index is 1.88. The second-order valence-corrected chi connectivity index (χ2v) is 5.89. The summed E-state index contributed by atoms with van der Waals surface area (Å²) in [5, 5.41) is 3.36. The molecule has 1 aliphatic rings. The van der Waals surface area contributed by atoms with Crippen LogP contribution in [0.4, 0.5) is 4.79 Å². The van der Waals surface area contributed by atoms with Gasteiger partial charge < -0.3 is 24.6 Å². The number of aromatic nitrogens is 1. The summed E-state index contributed by atoms with van der Waals surface area (Å²) in [7, 11) is 1.76. The zero-order chi connectivity index (χ0) is 18.8. The predicted octanol–water partition coefficient (Wildman–Crippen LogP) is 1.72. The Morgan fingerprint density at radius 1 is 1.27 bits per heavy atom. The van der Waals surface area contributed by atoms with Crippen molar-refractivity contribution < 1.29 is 14.3 Å². The molecule has 0 unspecified atom stereocenters. The third kappa shape index (κ3) is 5.50. The number of hydrogen-bond acceptors (Lipinski definition) is 5. The highest BCUT2D eigenvalue weighted by Gasteiger charge is 2.23. The van der Waals surface area contributed by atoms with Crippen LogP contribution in [0, 0.1) is 0 Å². The lowest BCUT2D eigenvalue weighted by molar-refractivity contribution is 0.0914. The number of piperazine rings is 1. The molecule has 144 valence electrons. The lowest BCUT2D eigenvalue weighted by atomic mass is 10.2. The molecule has 0 spiro atoms. The molecule has 1 aromatic rings. The molecule has 1 aliphatic heterocycles. The highest BCUT2D eigenvalue weighted by molar-refractivity contribution is 5.80. The molecule has 0 bridgehead atoms. The van der Waals surface area contributed by atoms with Crippen molar-refractivity contribution in [2.75, 3.05) is 46.4 Å². The van der Waals surface area contributed by atoms with Gasteiger partial charge in [0.2, 0.25) is 5.88 Å². The molecule has 2 rings (SSSR count). The van der Waals surface area contributed by atoms with Crippen LogP contribution in [0.1, 0.15) is 25.8 Å². The Morgan fingerprint density at radius 2 is 2.00 bits per heavy atom. The zero-order valence-corrected chi connectivity index (χ0v) is 15.9. The average Bonchev–Trinajstić information content (AvgIpc) is 2.68. The number of hydrogen-bond donors (Lipinski definition) is 1. The SMILES string of the molecule is CCCOc1ncccc1CNC(=NC)N1CCN(C(=O)OCC)CC1. The Hall–Kier alpha value is -2.51. The maximum absolute atomic E-state index is 11.8. The Labute approximate surface area is 155 Å². The maximum atomic E-state index is 11.8. The van der Waals surface area contributed by atoms with Crippen LogP contribution in [0.3, 0.4) is 0 Å². The zero-order valence-electron chi connectivity index (χ0n) is 15.9. The van der Waals surface area contributed by atoms with E-state index in [0.717, 1.165) is 17.9 Å². The molecule has 0 saturated carbocycles. The van der Waals surface area contributed by atoms with Gasteiger partial charge in [0, 0.05) is 51.5 Å². The van der Waals surface area contributed by atoms with Crippen molar-refractivity contribution in [2.24, 2.45) is 4.99 Å². The van der Waals surface area contributed by atoms with Gasteiger partial charge in [0.15, 0.2) is 5.96 Å². The minimum Gasteiger partial charge on any atom is -0.477 e. The minimum atomic E-state index is -0.247. The third-order valence-corrected chi connectivity index (χ3v) is 4.05. The van der Waals surface area contributed by atoms with E-state index in [-0.39, 0.29) is 6.09 Å². The summed E-state index contributed by atoms with van der Waals surface area (Å²) >= 11 is 0. The van der Waals surface area contributed by atoms with E-state index in [1.54, 1.807) is 18.1 Å². The van der Waals surface area contributed by atoms with E-state index in [2.05, 4.69) is 27.1 Å². The molecule has 8 heteroatoms. The van der Waals surface area contributed by atoms with Gasteiger partial charge >= 0.3 is 6.09 Å². The first-order chi connectivity index (χ1) is 12.7. The molecule has 1 aromatic heterocycles. The van der Waals surface area contributed by atoms with E-state index in [1.165, 1.54) is 0 Å². The number of nitrogens with zero attached hydrogens (tertiary/aromatic N) is 4. The Bertz CT molecular complexity index is 600. The van der Waals surface area contributed by atoms with Gasteiger partial charge in [-0.05, 0) is 19.4 Å². The van der Waals surface area contributed by atoms with Gasteiger partial charge in [0.25, 0.3) is 0 Å². The Morgan fingerprint density at radius 3 is 2.65 bits per heavy atom. The number of ether oxygens (including phenoxy) is 2. The molecule has 26 heavy (non-hydrogen) atoms. The number of amides is 1. The summed E-state index contributed by atoms with van der Waals surface area (Å²) in [6.45, 7) is 8.18. The van der Waals surface area contributed by atoms with Gasteiger partial charge in [-0.15, -0.1) is 0 Å². The van der Waals surface area contributed by atoms with E-state index in [0.29, 0.717) is 51.8 Å². The summed E-state index contributed by atoms with van der Waals surface area (Å²) in [6, 6.07) is 3.90. The molecule has 1 saturated heterocycles. The smallest absolute Gasteiger partial charge is 0.409 e. The van der Waals surface area contributed by atoms with E-state index in [4.69, 9.17) is 9.47 Å². The lowest BCUT2D eigenvalue weighted by Crippen LogP contribution is -2.53. The summed E-state index contributed by atoms with van der Waals surface area (Å²) < 4.78 is 10.8. The van der Waals surface area contributed by atoms with Gasteiger partial charge in [0.05, 0.1) is 13.2 Å². The summed E-state index contributed by atoms with van der Waals surface area (Å²) in [6.07, 6.45) is 2.43. The molecule has 0 atom stereocenters. The van der Waals surface area contributed by atoms with Crippen LogP contribution in [0.5, 0.6) is 5.88 Å². The molecule has 1 amide bonds. The number of nitrogens with one attached hydrogen (secondary N) is 1. The van der Waals surface area contributed by atoms with E-state index in [1.807, 2.05) is 19.1 Å². The van der Waals surface area contributed by atoms with E-state index >= 15 is 0 Å². The van der Waals surface area contributed by atoms with Crippen molar-refractivity contribution in [1.29, 1.82) is 0 Å². The lowest BCUT2D eigenvalue weighted by Gasteiger charge is -2.35. The number of aliphatic imine (C=N–C) groups is 1. The van der Waals surface area contributed by atoms with Gasteiger partial charge in [-0.1, -0.05) is 13.0 Å². The molecule has 8 nitrogen and oxygen atoms in total. The normalized spacial score (nSPS) is 15.0. The first kappa shape index (κ1) is 19.8. The fourth-order valence-electron chi connectivity index (χ4n) is 2.71. The topological polar surface area (TPSA) is 79.3 Å². The number of pyridine rings is 1. The fourth-order valence-corrected chi connectivity index (χ4v) is 2.71. The fraction of sp³-hybridized carbons (Fsp3) is 0.611. The Kier molecular flexibility index (Phi) is 7.98. The second kappa shape index (κ2) is 10.5. The molecule has 1 fully saturated rings. The predicted molar refractivity (Wildman–Crippen MR) is 100 cm³/mol. The standard InChI is InChI=1S/C18H29N5O3/c1-4-13-26-16-15(7-6-8-20-16)14-21-17(19-3)22-9-11-23(12-10-22)18(24)25-5-2/h6-8H,4-5,9-14H2,1-3H3,(H,19,21). The van der Waals surface area contributed by atoms with Crippen LogP contribution in [0.25, 0.3) is 0 Å². The largest absolute Gasteiger partial charge is 0.477 e. The molecule has 1 N–H and O–H groups in total. The molecule has 2 heterocycles. The molecule has 0 aliphatic carbocycles. The van der Waals surface area contributed by atoms with Gasteiger partial charge in [-0.2, -0.15) is 0 Å². The third-order valence-electron chi connectivity index (χ3n) is 4.05. The number of guanidine groups is 1. The van der Waals surface area contributed by atoms with Crippen molar-refractivity contribution in [3.8, 4) is 5.88 Å². The minimum absolute atomic E-state index is 0.247. The molecular formula is C18H29N5O3.